The Morgan fingerprint density at radius 2 is 1.38 bits per heavy atom. The minimum Gasteiger partial charge on any atom is -0.506 e. The van der Waals surface area contributed by atoms with Gasteiger partial charge in [-0.2, -0.15) is 13.5 Å². The molecular weight excluding hydrogens is 542 g/mol. The molecule has 4 aromatic rings. The van der Waals surface area contributed by atoms with E-state index < -0.39 is 28.0 Å². The second kappa shape index (κ2) is 11.3. The van der Waals surface area contributed by atoms with Crippen LogP contribution in [0.3, 0.4) is 0 Å². The molecule has 3 N–H and O–H groups in total. The van der Waals surface area contributed by atoms with Crippen molar-refractivity contribution >= 4 is 55.8 Å². The van der Waals surface area contributed by atoms with Crippen molar-refractivity contribution in [1.82, 2.24) is 0 Å². The first-order valence-corrected chi connectivity index (χ1v) is 12.8. The molecule has 13 heteroatoms. The molecular formula is C27H21N3O9S. The van der Waals surface area contributed by atoms with Crippen molar-refractivity contribution in [2.45, 2.75) is 4.90 Å². The van der Waals surface area contributed by atoms with Crippen molar-refractivity contribution in [2.75, 3.05) is 19.5 Å². The van der Waals surface area contributed by atoms with Gasteiger partial charge in [0.25, 0.3) is 16.0 Å². The van der Waals surface area contributed by atoms with Gasteiger partial charge in [0.05, 0.1) is 47.2 Å². The van der Waals surface area contributed by atoms with Crippen molar-refractivity contribution in [3.05, 3.63) is 89.5 Å². The van der Waals surface area contributed by atoms with Crippen molar-refractivity contribution in [1.29, 1.82) is 0 Å². The molecule has 0 atom stereocenters. The van der Waals surface area contributed by atoms with Gasteiger partial charge < -0.3 is 19.9 Å². The van der Waals surface area contributed by atoms with Crippen LogP contribution in [-0.4, -0.2) is 50.1 Å². The van der Waals surface area contributed by atoms with E-state index in [-0.39, 0.29) is 44.4 Å². The smallest absolute Gasteiger partial charge is 0.337 e. The van der Waals surface area contributed by atoms with Crippen LogP contribution in [0.1, 0.15) is 31.1 Å². The lowest BCUT2D eigenvalue weighted by Gasteiger charge is -2.12. The Morgan fingerprint density at radius 3 is 1.93 bits per heavy atom. The van der Waals surface area contributed by atoms with Gasteiger partial charge in [0.1, 0.15) is 5.75 Å². The monoisotopic (exact) mass is 563 g/mol. The zero-order chi connectivity index (χ0) is 29.0. The van der Waals surface area contributed by atoms with Crippen LogP contribution >= 0.6 is 0 Å². The Hall–Kier alpha value is -5.14. The molecule has 0 spiro atoms. The molecule has 40 heavy (non-hydrogen) atoms. The highest BCUT2D eigenvalue weighted by atomic mass is 32.2. The molecule has 0 saturated heterocycles. The van der Waals surface area contributed by atoms with Crippen LogP contribution in [-0.2, 0) is 19.6 Å². The van der Waals surface area contributed by atoms with Gasteiger partial charge in [0.15, 0.2) is 0 Å². The number of ether oxygens (including phenoxy) is 2. The van der Waals surface area contributed by atoms with E-state index in [0.717, 1.165) is 26.4 Å². The van der Waals surface area contributed by atoms with E-state index >= 15 is 0 Å². The number of aromatic hydroxyl groups is 1. The van der Waals surface area contributed by atoms with E-state index in [1.54, 1.807) is 24.3 Å². The Balaban J connectivity index is 1.74. The summed E-state index contributed by atoms with van der Waals surface area (Å²) in [5.41, 5.74) is 0.304. The molecule has 12 nitrogen and oxygen atoms in total. The lowest BCUT2D eigenvalue weighted by Crippen LogP contribution is -2.14. The molecule has 0 heterocycles. The average molecular weight is 564 g/mol. The van der Waals surface area contributed by atoms with Gasteiger partial charge in [0.2, 0.25) is 0 Å². The quantitative estimate of drug-likeness (QED) is 0.158. The van der Waals surface area contributed by atoms with Crippen molar-refractivity contribution in [3.8, 4) is 5.75 Å². The third-order valence-corrected chi connectivity index (χ3v) is 6.55. The summed E-state index contributed by atoms with van der Waals surface area (Å²) < 4.78 is 41.1. The summed E-state index contributed by atoms with van der Waals surface area (Å²) in [5.74, 6) is -2.62. The molecule has 0 aliphatic rings. The number of rotatable bonds is 7. The van der Waals surface area contributed by atoms with Gasteiger partial charge in [-0.25, -0.2) is 9.59 Å². The number of nitrogens with one attached hydrogen (secondary N) is 1. The molecule has 0 aromatic heterocycles. The summed E-state index contributed by atoms with van der Waals surface area (Å²) in [6.07, 6.45) is 0. The van der Waals surface area contributed by atoms with Crippen LogP contribution in [0.5, 0.6) is 5.75 Å². The maximum absolute atomic E-state index is 13.3. The highest BCUT2D eigenvalue weighted by molar-refractivity contribution is 7.85. The SMILES string of the molecule is COC(=O)c1cc(NC(=O)c2cc(N=Nc3ccc(S(=O)(=O)O)cc3)c3ccccc3c2O)cc(C(=O)OC)c1. The first-order chi connectivity index (χ1) is 19.0. The fourth-order valence-corrected chi connectivity index (χ4v) is 4.24. The number of phenols is 1. The Labute approximate surface area is 227 Å². The van der Waals surface area contributed by atoms with E-state index in [9.17, 15) is 27.9 Å². The lowest BCUT2D eigenvalue weighted by atomic mass is 10.0. The number of benzene rings is 4. The molecule has 0 unspecified atom stereocenters. The molecule has 4 rings (SSSR count). The van der Waals surface area contributed by atoms with E-state index in [4.69, 9.17) is 14.0 Å². The minimum absolute atomic E-state index is 0.0158. The topological polar surface area (TPSA) is 181 Å². The molecule has 1 amide bonds. The average Bonchev–Trinajstić information content (AvgIpc) is 2.95. The first kappa shape index (κ1) is 27.9. The van der Waals surface area contributed by atoms with Crippen LogP contribution in [0, 0.1) is 0 Å². The maximum Gasteiger partial charge on any atom is 0.337 e. The van der Waals surface area contributed by atoms with Crippen LogP contribution in [0.15, 0.2) is 87.9 Å². The van der Waals surface area contributed by atoms with Gasteiger partial charge >= 0.3 is 11.9 Å². The largest absolute Gasteiger partial charge is 0.506 e. The molecule has 4 aromatic carbocycles. The Bertz CT molecular complexity index is 1750. The second-order valence-corrected chi connectivity index (χ2v) is 9.66. The zero-order valence-electron chi connectivity index (χ0n) is 21.0. The van der Waals surface area contributed by atoms with Gasteiger partial charge in [0, 0.05) is 16.5 Å². The van der Waals surface area contributed by atoms with Crippen LogP contribution in [0.2, 0.25) is 0 Å². The number of anilines is 1. The number of nitrogens with zero attached hydrogens (tertiary/aromatic N) is 2. The third-order valence-electron chi connectivity index (χ3n) is 5.68. The number of carbonyl (C=O) groups is 3. The summed E-state index contributed by atoms with van der Waals surface area (Å²) in [5, 5.41) is 22.5. The second-order valence-electron chi connectivity index (χ2n) is 8.24. The standard InChI is InChI=1S/C27H21N3O9S/c1-38-26(33)15-11-16(27(34)39-2)13-18(12-15)28-25(32)22-14-23(20-5-3-4-6-21(20)24(22)31)30-29-17-7-9-19(10-8-17)40(35,36)37/h3-14,31H,1-2H3,(H,28,32)(H,35,36,37). The lowest BCUT2D eigenvalue weighted by molar-refractivity contribution is 0.0598. The minimum atomic E-state index is -4.38. The molecule has 0 radical (unpaired) electrons. The number of amides is 1. The highest BCUT2D eigenvalue weighted by Crippen LogP contribution is 2.37. The molecule has 0 bridgehead atoms. The summed E-state index contributed by atoms with van der Waals surface area (Å²) in [7, 11) is -2.05. The number of hydrogen-bond donors (Lipinski definition) is 3. The van der Waals surface area contributed by atoms with Crippen molar-refractivity contribution < 1.29 is 41.9 Å². The van der Waals surface area contributed by atoms with Gasteiger partial charge in [-0.1, -0.05) is 24.3 Å². The van der Waals surface area contributed by atoms with Crippen LogP contribution in [0.4, 0.5) is 17.1 Å². The predicted molar refractivity (Wildman–Crippen MR) is 143 cm³/mol. The molecule has 0 aliphatic heterocycles. The fraction of sp³-hybridized carbons (Fsp3) is 0.0741. The molecule has 0 saturated carbocycles. The number of carbonyl (C=O) groups excluding carboxylic acids is 3. The van der Waals surface area contributed by atoms with E-state index in [1.165, 1.54) is 36.4 Å². The van der Waals surface area contributed by atoms with E-state index in [2.05, 4.69) is 15.5 Å². The van der Waals surface area contributed by atoms with Crippen LogP contribution in [0.25, 0.3) is 10.8 Å². The molecule has 0 aliphatic carbocycles. The summed E-state index contributed by atoms with van der Waals surface area (Å²) in [6, 6.07) is 16.7. The summed E-state index contributed by atoms with van der Waals surface area (Å²) >= 11 is 0. The number of fused-ring (bicyclic) bond motifs is 1. The number of methoxy groups -OCH3 is 2. The normalized spacial score (nSPS) is 11.4. The third kappa shape index (κ3) is 5.95. The summed E-state index contributed by atoms with van der Waals surface area (Å²) in [4.78, 5) is 37.2. The van der Waals surface area contributed by atoms with Gasteiger partial charge in [-0.15, -0.1) is 5.11 Å². The fourth-order valence-electron chi connectivity index (χ4n) is 3.76. The first-order valence-electron chi connectivity index (χ1n) is 11.4. The van der Waals surface area contributed by atoms with Gasteiger partial charge in [-0.3, -0.25) is 9.35 Å². The van der Waals surface area contributed by atoms with Crippen molar-refractivity contribution in [2.24, 2.45) is 10.2 Å². The summed E-state index contributed by atoms with van der Waals surface area (Å²) in [6.45, 7) is 0. The zero-order valence-corrected chi connectivity index (χ0v) is 21.8. The Kier molecular flexibility index (Phi) is 7.88. The molecule has 0 fully saturated rings. The maximum atomic E-state index is 13.3. The van der Waals surface area contributed by atoms with Gasteiger partial charge in [-0.05, 0) is 48.5 Å². The van der Waals surface area contributed by atoms with Crippen LogP contribution < -0.4 is 5.32 Å². The van der Waals surface area contributed by atoms with E-state index in [1.807, 2.05) is 0 Å². The Morgan fingerprint density at radius 1 is 0.800 bits per heavy atom. The number of esters is 2. The number of phenolic OH excluding ortho intramolecular Hbond substituents is 1. The number of azo groups is 1. The number of hydrogen-bond acceptors (Lipinski definition) is 10. The highest BCUT2D eigenvalue weighted by Gasteiger charge is 2.20. The molecule has 204 valence electrons. The van der Waals surface area contributed by atoms with Crippen molar-refractivity contribution in [3.63, 3.8) is 0 Å². The predicted octanol–water partition coefficient (Wildman–Crippen LogP) is 5.03. The van der Waals surface area contributed by atoms with E-state index in [0.29, 0.717) is 10.8 Å².